The molecule has 2 heterocycles. The number of carbonyl (C=O) groups is 3. The number of rotatable bonds is 7. The van der Waals surface area contributed by atoms with Crippen molar-refractivity contribution in [2.24, 2.45) is 50.2 Å². The number of aliphatic hydroxyl groups is 6. The van der Waals surface area contributed by atoms with Gasteiger partial charge < -0.3 is 54.7 Å². The monoisotopic (exact) mass is 822 g/mol. The molecular weight excluding hydrogens is 754 g/mol. The molecular formula is C43H68NO14+. The minimum Gasteiger partial charge on any atom is -0.479 e. The van der Waals surface area contributed by atoms with Crippen molar-refractivity contribution < 1.29 is 74.8 Å². The summed E-state index contributed by atoms with van der Waals surface area (Å²) in [5, 5.41) is 74.0. The topological polar surface area (TPSA) is 257 Å². The third-order valence-corrected chi connectivity index (χ3v) is 17.6. The molecule has 0 radical (unpaired) electrons. The van der Waals surface area contributed by atoms with Gasteiger partial charge in [-0.1, -0.05) is 47.1 Å². The summed E-state index contributed by atoms with van der Waals surface area (Å²) in [6.07, 6.45) is -10.2. The molecule has 20 atom stereocenters. The second kappa shape index (κ2) is 14.6. The van der Waals surface area contributed by atoms with E-state index < -0.39 is 95.8 Å². The van der Waals surface area contributed by atoms with E-state index in [1.165, 1.54) is 12.5 Å². The Bertz CT molecular complexity index is 1690. The highest BCUT2D eigenvalue weighted by atomic mass is 16.8. The maximum absolute atomic E-state index is 14.9. The highest BCUT2D eigenvalue weighted by molar-refractivity contribution is 5.95. The Kier molecular flexibility index (Phi) is 11.1. The summed E-state index contributed by atoms with van der Waals surface area (Å²) in [5.74, 6) is -1.65. The van der Waals surface area contributed by atoms with Crippen LogP contribution >= 0.6 is 0 Å². The molecule has 0 aromatic carbocycles. The molecule has 4 saturated carbocycles. The molecule has 0 aromatic rings. The zero-order valence-corrected chi connectivity index (χ0v) is 35.3. The first-order valence-corrected chi connectivity index (χ1v) is 21.3. The van der Waals surface area contributed by atoms with E-state index in [1.807, 2.05) is 13.0 Å². The van der Waals surface area contributed by atoms with Crippen molar-refractivity contribution in [1.82, 2.24) is 0 Å². The summed E-state index contributed by atoms with van der Waals surface area (Å²) < 4.78 is 24.1. The molecule has 0 bridgehead atoms. The van der Waals surface area contributed by atoms with Gasteiger partial charge in [0.2, 0.25) is 0 Å². The van der Waals surface area contributed by atoms with Crippen molar-refractivity contribution in [2.75, 3.05) is 0 Å². The summed E-state index contributed by atoms with van der Waals surface area (Å²) in [5.41, 5.74) is 2.97. The Balaban J connectivity index is 1.17. The zero-order valence-electron chi connectivity index (χ0n) is 35.3. The number of hydrogen-bond acceptors (Lipinski definition) is 13. The molecule has 20 unspecified atom stereocenters. The normalized spacial score (nSPS) is 53.2. The Morgan fingerprint density at radius 2 is 1.47 bits per heavy atom. The van der Waals surface area contributed by atoms with E-state index in [0.717, 1.165) is 38.5 Å². The number of ether oxygens (including phenoxy) is 4. The van der Waals surface area contributed by atoms with Gasteiger partial charge in [-0.25, -0.2) is 9.59 Å². The summed E-state index contributed by atoms with van der Waals surface area (Å²) in [6, 6.07) is 0. The first kappa shape index (κ1) is 44.2. The number of aliphatic hydroxyl groups excluding tert-OH is 6. The maximum atomic E-state index is 14.9. The maximum Gasteiger partial charge on any atom is 0.335 e. The van der Waals surface area contributed by atoms with Crippen LogP contribution in [-0.2, 0) is 33.3 Å². The molecule has 15 nitrogen and oxygen atoms in total. The standard InChI is InChI=1S/C43H67NO14/c1-19(45)30-27(49)28(50)32(58-35-29(51)25(47)26(48)31(57-35)34(52)53)36(56-30)55-24-10-11-41(6)23(38(24,2)3)9-12-43(8)33(41)22(46)17-20-21-18-40(5,37(44)54)14-13-39(21,4)15-16-42(20,43)7/h17,19,21,23-33,35-36,45,47-51H,9-16,18H2,1-8H3,(H2,44,54)(H,52,53)/p+1. The van der Waals surface area contributed by atoms with Crippen LogP contribution in [0.15, 0.2) is 11.6 Å². The molecule has 2 saturated heterocycles. The van der Waals surface area contributed by atoms with Crippen LogP contribution in [0.25, 0.3) is 0 Å². The second-order valence-electron chi connectivity index (χ2n) is 21.2. The lowest BCUT2D eigenvalue weighted by Crippen LogP contribution is -2.69. The molecule has 0 aromatic heterocycles. The molecule has 7 aliphatic rings. The number of hydrogen-bond donors (Lipinski definition) is 8. The Morgan fingerprint density at radius 1 is 0.810 bits per heavy atom. The van der Waals surface area contributed by atoms with Crippen LogP contribution in [0.5, 0.6) is 0 Å². The van der Waals surface area contributed by atoms with E-state index in [0.29, 0.717) is 19.3 Å². The van der Waals surface area contributed by atoms with Crippen molar-refractivity contribution in [3.8, 4) is 0 Å². The van der Waals surface area contributed by atoms with Crippen LogP contribution in [0.3, 0.4) is 0 Å². The second-order valence-corrected chi connectivity index (χ2v) is 21.2. The first-order valence-electron chi connectivity index (χ1n) is 21.3. The lowest BCUT2D eigenvalue weighted by molar-refractivity contribution is -0.378. The SMILES string of the molecule is CC(O)C1OC(OC2CCC3(C)C(CCC4(C)C3C(=O)C=C3C5CC(C)(C([NH3+])=O)CCC5(C)CCC34C)C2(C)C)C(OC2OC(C(=O)O)C(O)C(O)C2O)C(O)C1O. The molecule has 328 valence electrons. The number of carboxylic acid groups (broad SMARTS) is 1. The summed E-state index contributed by atoms with van der Waals surface area (Å²) in [7, 11) is 0. The average Bonchev–Trinajstić information content (AvgIpc) is 3.13. The predicted octanol–water partition coefficient (Wildman–Crippen LogP) is 1.23. The molecule has 1 amide bonds. The Morgan fingerprint density at radius 3 is 2.09 bits per heavy atom. The Hall–Kier alpha value is -1.89. The van der Waals surface area contributed by atoms with Crippen molar-refractivity contribution in [3.63, 3.8) is 0 Å². The lowest BCUT2D eigenvalue weighted by Gasteiger charge is -2.70. The number of fused-ring (bicyclic) bond motifs is 7. The quantitative estimate of drug-likeness (QED) is 0.168. The van der Waals surface area contributed by atoms with Crippen molar-refractivity contribution in [1.29, 1.82) is 0 Å². The number of carbonyl (C=O) groups excluding carboxylic acids is 2. The van der Waals surface area contributed by atoms with Gasteiger partial charge in [-0.3, -0.25) is 10.5 Å². The third-order valence-electron chi connectivity index (χ3n) is 17.6. The third kappa shape index (κ3) is 6.43. The van der Waals surface area contributed by atoms with Gasteiger partial charge in [-0.15, -0.1) is 0 Å². The minimum atomic E-state index is -1.97. The van der Waals surface area contributed by atoms with E-state index in [4.69, 9.17) is 18.9 Å². The number of allylic oxidation sites excluding steroid dienone is 2. The van der Waals surface area contributed by atoms with Crippen LogP contribution in [0, 0.1) is 50.2 Å². The Labute approximate surface area is 340 Å². The number of carboxylic acids is 1. The van der Waals surface area contributed by atoms with Gasteiger partial charge in [-0.05, 0) is 117 Å². The summed E-state index contributed by atoms with van der Waals surface area (Å²) in [4.78, 5) is 39.6. The largest absolute Gasteiger partial charge is 0.479 e. The van der Waals surface area contributed by atoms with Crippen molar-refractivity contribution in [3.05, 3.63) is 11.6 Å². The van der Waals surface area contributed by atoms with Crippen LogP contribution in [-0.4, -0.2) is 127 Å². The fourth-order valence-corrected chi connectivity index (χ4v) is 13.6. The van der Waals surface area contributed by atoms with Gasteiger partial charge in [0, 0.05) is 5.92 Å². The summed E-state index contributed by atoms with van der Waals surface area (Å²) in [6.45, 7) is 16.9. The fraction of sp³-hybridized carbons (Fsp3) is 0.884. The highest BCUT2D eigenvalue weighted by Gasteiger charge is 2.71. The van der Waals surface area contributed by atoms with E-state index in [1.54, 1.807) is 0 Å². The molecule has 0 spiro atoms. The van der Waals surface area contributed by atoms with E-state index in [-0.39, 0.29) is 45.7 Å². The van der Waals surface area contributed by atoms with Crippen LogP contribution < -0.4 is 5.73 Å². The molecule has 10 N–H and O–H groups in total. The van der Waals surface area contributed by atoms with Gasteiger partial charge in [0.1, 0.15) is 42.7 Å². The van der Waals surface area contributed by atoms with Gasteiger partial charge >= 0.3 is 11.9 Å². The van der Waals surface area contributed by atoms with Gasteiger partial charge in [0.05, 0.1) is 17.6 Å². The smallest absolute Gasteiger partial charge is 0.335 e. The summed E-state index contributed by atoms with van der Waals surface area (Å²) >= 11 is 0. The van der Waals surface area contributed by atoms with Gasteiger partial charge in [0.25, 0.3) is 0 Å². The number of quaternary nitrogens is 1. The van der Waals surface area contributed by atoms with Crippen LogP contribution in [0.1, 0.15) is 113 Å². The molecule has 58 heavy (non-hydrogen) atoms. The number of amides is 1. The molecule has 5 aliphatic carbocycles. The van der Waals surface area contributed by atoms with E-state index in [2.05, 4.69) is 47.3 Å². The highest BCUT2D eigenvalue weighted by Crippen LogP contribution is 2.75. The molecule has 6 fully saturated rings. The fourth-order valence-electron chi connectivity index (χ4n) is 13.6. The first-order chi connectivity index (χ1) is 26.8. The van der Waals surface area contributed by atoms with E-state index >= 15 is 0 Å². The number of aliphatic carboxylic acids is 1. The minimum absolute atomic E-state index is 0.00237. The van der Waals surface area contributed by atoms with Crippen molar-refractivity contribution in [2.45, 2.75) is 187 Å². The zero-order chi connectivity index (χ0) is 42.9. The molecule has 2 aliphatic heterocycles. The van der Waals surface area contributed by atoms with Crippen LogP contribution in [0.2, 0.25) is 0 Å². The van der Waals surface area contributed by atoms with Crippen molar-refractivity contribution >= 4 is 17.7 Å². The molecule has 15 heteroatoms. The van der Waals surface area contributed by atoms with Gasteiger partial charge in [0.15, 0.2) is 24.5 Å². The average molecular weight is 823 g/mol. The predicted molar refractivity (Wildman–Crippen MR) is 204 cm³/mol. The van der Waals surface area contributed by atoms with E-state index in [9.17, 15) is 50.1 Å². The molecule has 7 rings (SSSR count). The number of ketones is 1. The lowest BCUT2D eigenvalue weighted by atomic mass is 9.33. The van der Waals surface area contributed by atoms with Crippen LogP contribution in [0.4, 0.5) is 0 Å². The van der Waals surface area contributed by atoms with Gasteiger partial charge in [-0.2, -0.15) is 0 Å².